The van der Waals surface area contributed by atoms with Crippen molar-refractivity contribution in [2.75, 3.05) is 6.38 Å². The van der Waals surface area contributed by atoms with Crippen molar-refractivity contribution in [1.82, 2.24) is 0 Å². The van der Waals surface area contributed by atoms with Crippen molar-refractivity contribution < 1.29 is 4.79 Å². The number of hydrogen-bond acceptors (Lipinski definition) is 1. The second-order valence-electron chi connectivity index (χ2n) is 1.75. The molecule has 1 nitrogen and oxygen atoms in total. The summed E-state index contributed by atoms with van der Waals surface area (Å²) < 4.78 is 0. The summed E-state index contributed by atoms with van der Waals surface area (Å²) in [7, 11) is 0. The smallest absolute Gasteiger partial charge is 0.242 e. The minimum Gasteiger partial charge on any atom is -0.279 e. The zero-order chi connectivity index (χ0) is 8.08. The second kappa shape index (κ2) is 5.33. The molecule has 0 fully saturated rings. The molecule has 0 atom stereocenters. The topological polar surface area (TPSA) is 17.1 Å². The predicted octanol–water partition coefficient (Wildman–Crippen LogP) is 2.62. The van der Waals surface area contributed by atoms with Gasteiger partial charge < -0.3 is 0 Å². The summed E-state index contributed by atoms with van der Waals surface area (Å²) in [6, 6.07) is 0. The van der Waals surface area contributed by atoms with Crippen LogP contribution in [-0.4, -0.2) is 16.5 Å². The summed E-state index contributed by atoms with van der Waals surface area (Å²) >= 11 is 15.0. The highest BCUT2D eigenvalue weighted by molar-refractivity contribution is 6.70. The molecular weight excluding hydrogens is 182 g/mol. The molecular formula is C5H9Cl3O. The average molecular weight is 191 g/mol. The normalized spacial score (nSPS) is 9.56. The van der Waals surface area contributed by atoms with E-state index in [2.05, 4.69) is 11.6 Å². The fourth-order valence-electron chi connectivity index (χ4n) is 0. The van der Waals surface area contributed by atoms with Crippen molar-refractivity contribution in [2.45, 2.75) is 18.7 Å². The summed E-state index contributed by atoms with van der Waals surface area (Å²) in [5.74, 6) is 0. The lowest BCUT2D eigenvalue weighted by Gasteiger charge is -2.05. The Morgan fingerprint density at radius 2 is 1.44 bits per heavy atom. The first-order valence-corrected chi connectivity index (χ1v) is 3.72. The number of alkyl halides is 2. The fourth-order valence-corrected chi connectivity index (χ4v) is 0. The van der Waals surface area contributed by atoms with Crippen LogP contribution >= 0.6 is 34.8 Å². The number of rotatable bonds is 1. The summed E-state index contributed by atoms with van der Waals surface area (Å²) in [5.41, 5.74) is 0. The van der Waals surface area contributed by atoms with Crippen molar-refractivity contribution in [3.05, 3.63) is 0 Å². The van der Waals surface area contributed by atoms with E-state index >= 15 is 0 Å². The maximum atomic E-state index is 10.1. The van der Waals surface area contributed by atoms with E-state index < -0.39 is 10.1 Å². The number of hydrogen-bond donors (Lipinski definition) is 0. The minimum absolute atomic E-state index is 0.519. The van der Waals surface area contributed by atoms with Crippen LogP contribution in [0.5, 0.6) is 0 Å². The lowest BCUT2D eigenvalue weighted by Crippen LogP contribution is -2.18. The molecule has 0 aliphatic rings. The van der Waals surface area contributed by atoms with Crippen molar-refractivity contribution in [3.8, 4) is 0 Å². The van der Waals surface area contributed by atoms with Gasteiger partial charge in [0.05, 0.1) is 0 Å². The first-order chi connectivity index (χ1) is 3.94. The van der Waals surface area contributed by atoms with Gasteiger partial charge in [-0.3, -0.25) is 4.79 Å². The standard InChI is InChI=1S/C4H6Cl2O.CH3Cl/c1-4(2,6)3(5)7;1-2/h1-2H3;1H3. The number of carbonyl (C=O) groups is 1. The van der Waals surface area contributed by atoms with Gasteiger partial charge in [0.25, 0.3) is 0 Å². The molecule has 0 aromatic heterocycles. The Bertz CT molecular complexity index is 84.7. The van der Waals surface area contributed by atoms with Gasteiger partial charge in [0, 0.05) is 6.38 Å². The first-order valence-electron chi connectivity index (χ1n) is 2.21. The van der Waals surface area contributed by atoms with Gasteiger partial charge in [-0.2, -0.15) is 0 Å². The first kappa shape index (κ1) is 12.2. The Hall–Kier alpha value is 0.540. The van der Waals surface area contributed by atoms with E-state index in [9.17, 15) is 4.79 Å². The summed E-state index contributed by atoms with van der Waals surface area (Å²) in [5, 5.41) is -0.519. The second-order valence-corrected chi connectivity index (χ2v) is 3.03. The van der Waals surface area contributed by atoms with Gasteiger partial charge in [0.2, 0.25) is 5.24 Å². The monoisotopic (exact) mass is 190 g/mol. The van der Waals surface area contributed by atoms with E-state index in [0.29, 0.717) is 0 Å². The molecule has 0 aliphatic carbocycles. The molecule has 0 radical (unpaired) electrons. The molecule has 0 spiro atoms. The van der Waals surface area contributed by atoms with Crippen molar-refractivity contribution in [1.29, 1.82) is 0 Å². The molecule has 0 bridgehead atoms. The quantitative estimate of drug-likeness (QED) is 0.460. The van der Waals surface area contributed by atoms with Crippen LogP contribution in [0.1, 0.15) is 13.8 Å². The van der Waals surface area contributed by atoms with Gasteiger partial charge >= 0.3 is 0 Å². The third-order valence-electron chi connectivity index (χ3n) is 0.467. The van der Waals surface area contributed by atoms with Crippen LogP contribution in [0.15, 0.2) is 0 Å². The molecule has 0 heterocycles. The Labute approximate surface area is 70.3 Å². The van der Waals surface area contributed by atoms with Gasteiger partial charge in [0.1, 0.15) is 4.87 Å². The van der Waals surface area contributed by atoms with E-state index in [0.717, 1.165) is 0 Å². The third kappa shape index (κ3) is 8.54. The van der Waals surface area contributed by atoms with Gasteiger partial charge in [-0.1, -0.05) is 0 Å². The highest BCUT2D eigenvalue weighted by atomic mass is 35.5. The van der Waals surface area contributed by atoms with Crippen LogP contribution in [0, 0.1) is 0 Å². The molecule has 9 heavy (non-hydrogen) atoms. The molecule has 0 aliphatic heterocycles. The Morgan fingerprint density at radius 1 is 1.33 bits per heavy atom. The zero-order valence-electron chi connectivity index (χ0n) is 5.54. The highest BCUT2D eigenvalue weighted by Gasteiger charge is 2.20. The van der Waals surface area contributed by atoms with Crippen LogP contribution in [0.2, 0.25) is 0 Å². The summed E-state index contributed by atoms with van der Waals surface area (Å²) in [6.07, 6.45) is 1.47. The average Bonchev–Trinajstić information content (AvgIpc) is 1.69. The van der Waals surface area contributed by atoms with E-state index in [4.69, 9.17) is 23.2 Å². The van der Waals surface area contributed by atoms with E-state index in [1.54, 1.807) is 13.8 Å². The molecule has 0 saturated carbocycles. The van der Waals surface area contributed by atoms with E-state index in [1.807, 2.05) is 0 Å². The van der Waals surface area contributed by atoms with Crippen molar-refractivity contribution in [2.24, 2.45) is 0 Å². The highest BCUT2D eigenvalue weighted by Crippen LogP contribution is 2.15. The van der Waals surface area contributed by atoms with Gasteiger partial charge in [-0.05, 0) is 25.4 Å². The lowest BCUT2D eigenvalue weighted by molar-refractivity contribution is -0.113. The minimum atomic E-state index is -0.901. The van der Waals surface area contributed by atoms with Crippen LogP contribution in [-0.2, 0) is 4.79 Å². The van der Waals surface area contributed by atoms with Crippen LogP contribution in [0.3, 0.4) is 0 Å². The van der Waals surface area contributed by atoms with Crippen molar-refractivity contribution >= 4 is 40.0 Å². The molecule has 0 N–H and O–H groups in total. The number of carbonyl (C=O) groups excluding carboxylic acids is 1. The van der Waals surface area contributed by atoms with Gasteiger partial charge in [-0.15, -0.1) is 23.2 Å². The van der Waals surface area contributed by atoms with Gasteiger partial charge in [-0.25, -0.2) is 0 Å². The maximum absolute atomic E-state index is 10.1. The van der Waals surface area contributed by atoms with E-state index in [1.165, 1.54) is 6.38 Å². The van der Waals surface area contributed by atoms with E-state index in [-0.39, 0.29) is 0 Å². The van der Waals surface area contributed by atoms with Crippen molar-refractivity contribution in [3.63, 3.8) is 0 Å². The molecule has 56 valence electrons. The third-order valence-corrected chi connectivity index (χ3v) is 1.21. The van der Waals surface area contributed by atoms with Crippen LogP contribution in [0.25, 0.3) is 0 Å². The SMILES string of the molecule is CC(C)(Cl)C(=O)Cl.CCl. The predicted molar refractivity (Wildman–Crippen MR) is 42.6 cm³/mol. The van der Waals surface area contributed by atoms with Crippen LogP contribution in [0.4, 0.5) is 0 Å². The molecule has 0 aromatic carbocycles. The molecule has 0 rings (SSSR count). The van der Waals surface area contributed by atoms with Gasteiger partial charge in [0.15, 0.2) is 0 Å². The molecule has 0 unspecified atom stereocenters. The van der Waals surface area contributed by atoms with Crippen LogP contribution < -0.4 is 0 Å². The summed E-state index contributed by atoms with van der Waals surface area (Å²) in [6.45, 7) is 3.09. The lowest BCUT2D eigenvalue weighted by atomic mass is 10.2. The molecule has 0 amide bonds. The number of halogens is 3. The summed E-state index contributed by atoms with van der Waals surface area (Å²) in [4.78, 5) is 9.20. The fraction of sp³-hybridized carbons (Fsp3) is 0.800. The maximum Gasteiger partial charge on any atom is 0.242 e. The Morgan fingerprint density at radius 3 is 1.44 bits per heavy atom. The molecule has 0 saturated heterocycles. The molecule has 4 heteroatoms. The zero-order valence-corrected chi connectivity index (χ0v) is 7.81. The Balaban J connectivity index is 0. The Kier molecular flexibility index (Phi) is 7.25. The largest absolute Gasteiger partial charge is 0.279 e. The molecule has 0 aromatic rings.